The average Bonchev–Trinajstić information content (AvgIpc) is 3.54. The molecule has 0 fully saturated rings. The normalized spacial score (nSPS) is 16.1. The summed E-state index contributed by atoms with van der Waals surface area (Å²) in [5.41, 5.74) is 2.86. The summed E-state index contributed by atoms with van der Waals surface area (Å²) in [6, 6.07) is 17.4. The van der Waals surface area contributed by atoms with Crippen molar-refractivity contribution in [3.05, 3.63) is 93.9 Å². The predicted octanol–water partition coefficient (Wildman–Crippen LogP) is 6.36. The van der Waals surface area contributed by atoms with E-state index in [1.165, 1.54) is 12.1 Å². The molecule has 0 aliphatic carbocycles. The molecule has 4 aromatic rings. The Morgan fingerprint density at radius 3 is 2.71 bits per heavy atom. The first kappa shape index (κ1) is 22.4. The fourth-order valence-corrected chi connectivity index (χ4v) is 5.03. The van der Waals surface area contributed by atoms with Crippen molar-refractivity contribution in [1.29, 1.82) is 0 Å². The molecule has 3 heterocycles. The second-order valence-electron chi connectivity index (χ2n) is 7.75. The summed E-state index contributed by atoms with van der Waals surface area (Å²) in [6.45, 7) is 2.32. The fourth-order valence-electron chi connectivity index (χ4n) is 3.93. The molecule has 2 amide bonds. The van der Waals surface area contributed by atoms with Crippen molar-refractivity contribution < 1.29 is 13.7 Å². The van der Waals surface area contributed by atoms with Gasteiger partial charge in [0.1, 0.15) is 5.82 Å². The lowest BCUT2D eigenvalue weighted by molar-refractivity contribution is 0.203. The molecule has 2 aromatic heterocycles. The van der Waals surface area contributed by atoms with Crippen molar-refractivity contribution in [2.24, 2.45) is 0 Å². The molecule has 0 saturated heterocycles. The molecule has 1 N–H and O–H groups in total. The fraction of sp³-hybridized carbons (Fsp3) is 0.160. The SMILES string of the molecule is CSc1ccc(C2NC(=O)N(Cc3cccs3)C(C)=C2c2nc(-c3cccc(F)c3)no2)cc1. The van der Waals surface area contributed by atoms with Crippen LogP contribution in [0.3, 0.4) is 0 Å². The van der Waals surface area contributed by atoms with Gasteiger partial charge in [0, 0.05) is 21.0 Å². The third kappa shape index (κ3) is 4.36. The number of hydrogen-bond donors (Lipinski definition) is 1. The molecule has 34 heavy (non-hydrogen) atoms. The van der Waals surface area contributed by atoms with Crippen LogP contribution in [-0.4, -0.2) is 27.3 Å². The zero-order valence-electron chi connectivity index (χ0n) is 18.5. The van der Waals surface area contributed by atoms with Gasteiger partial charge in [0.05, 0.1) is 18.2 Å². The molecule has 0 spiro atoms. The number of nitrogens with zero attached hydrogens (tertiary/aromatic N) is 3. The maximum atomic E-state index is 13.7. The third-order valence-corrected chi connectivity index (χ3v) is 7.28. The number of hydrogen-bond acceptors (Lipinski definition) is 6. The highest BCUT2D eigenvalue weighted by molar-refractivity contribution is 7.98. The molecular formula is C25H21FN4O2S2. The largest absolute Gasteiger partial charge is 0.334 e. The van der Waals surface area contributed by atoms with Gasteiger partial charge in [-0.2, -0.15) is 4.98 Å². The zero-order valence-corrected chi connectivity index (χ0v) is 20.1. The Bertz CT molecular complexity index is 1350. The van der Waals surface area contributed by atoms with Gasteiger partial charge in [0.2, 0.25) is 5.82 Å². The minimum absolute atomic E-state index is 0.196. The number of amides is 2. The first-order chi connectivity index (χ1) is 16.5. The minimum atomic E-state index is -0.469. The van der Waals surface area contributed by atoms with Gasteiger partial charge >= 0.3 is 6.03 Å². The van der Waals surface area contributed by atoms with Crippen LogP contribution in [0.1, 0.15) is 29.3 Å². The zero-order chi connectivity index (χ0) is 23.7. The number of allylic oxidation sites excluding steroid dienone is 1. The highest BCUT2D eigenvalue weighted by atomic mass is 32.2. The number of aromatic nitrogens is 2. The summed E-state index contributed by atoms with van der Waals surface area (Å²) in [4.78, 5) is 21.6. The van der Waals surface area contributed by atoms with Gasteiger partial charge in [0.25, 0.3) is 5.89 Å². The number of urea groups is 1. The van der Waals surface area contributed by atoms with E-state index in [1.54, 1.807) is 40.1 Å². The summed E-state index contributed by atoms with van der Waals surface area (Å²) < 4.78 is 19.4. The molecule has 1 aliphatic heterocycles. The quantitative estimate of drug-likeness (QED) is 0.317. The lowest BCUT2D eigenvalue weighted by atomic mass is 9.94. The highest BCUT2D eigenvalue weighted by Gasteiger charge is 2.36. The third-order valence-electron chi connectivity index (χ3n) is 5.68. The van der Waals surface area contributed by atoms with Gasteiger partial charge in [-0.15, -0.1) is 23.1 Å². The first-order valence-corrected chi connectivity index (χ1v) is 12.7. The van der Waals surface area contributed by atoms with Crippen LogP contribution < -0.4 is 5.32 Å². The van der Waals surface area contributed by atoms with Crippen LogP contribution in [0.2, 0.25) is 0 Å². The van der Waals surface area contributed by atoms with Crippen molar-refractivity contribution in [3.8, 4) is 11.4 Å². The second kappa shape index (κ2) is 9.44. The van der Waals surface area contributed by atoms with E-state index in [0.29, 0.717) is 17.7 Å². The molecule has 5 rings (SSSR count). The van der Waals surface area contributed by atoms with E-state index in [2.05, 4.69) is 15.5 Å². The number of nitrogens with one attached hydrogen (secondary N) is 1. The number of thioether (sulfide) groups is 1. The standard InChI is InChI=1S/C25H21FN4O2S2/c1-15-21(24-28-23(29-32-24)17-5-3-6-18(26)13-17)22(16-8-10-19(33-2)11-9-16)27-25(31)30(15)14-20-7-4-12-34-20/h3-13,22H,14H2,1-2H3,(H,27,31). The Hall–Kier alpha value is -3.43. The number of carbonyl (C=O) groups excluding carboxylic acids is 1. The molecule has 2 aromatic carbocycles. The molecule has 1 unspecified atom stereocenters. The Morgan fingerprint density at radius 2 is 2.00 bits per heavy atom. The van der Waals surface area contributed by atoms with Crippen LogP contribution in [0.15, 0.2) is 81.2 Å². The smallest absolute Gasteiger partial charge is 0.322 e. The van der Waals surface area contributed by atoms with Crippen molar-refractivity contribution in [2.45, 2.75) is 24.4 Å². The Labute approximate surface area is 204 Å². The van der Waals surface area contributed by atoms with Crippen LogP contribution >= 0.6 is 23.1 Å². The summed E-state index contributed by atoms with van der Waals surface area (Å²) in [6.07, 6.45) is 2.02. The molecule has 6 nitrogen and oxygen atoms in total. The molecule has 0 radical (unpaired) electrons. The summed E-state index contributed by atoms with van der Waals surface area (Å²) >= 11 is 3.24. The highest BCUT2D eigenvalue weighted by Crippen LogP contribution is 2.38. The molecule has 9 heteroatoms. The average molecular weight is 493 g/mol. The van der Waals surface area contributed by atoms with Gasteiger partial charge in [-0.05, 0) is 54.5 Å². The van der Waals surface area contributed by atoms with E-state index >= 15 is 0 Å². The molecule has 1 atom stereocenters. The topological polar surface area (TPSA) is 71.3 Å². The monoisotopic (exact) mass is 492 g/mol. The van der Waals surface area contributed by atoms with Crippen molar-refractivity contribution in [2.75, 3.05) is 6.26 Å². The summed E-state index contributed by atoms with van der Waals surface area (Å²) in [5, 5.41) is 9.18. The van der Waals surface area contributed by atoms with Crippen LogP contribution in [0, 0.1) is 5.82 Å². The van der Waals surface area contributed by atoms with Gasteiger partial charge in [-0.1, -0.05) is 35.5 Å². The maximum absolute atomic E-state index is 13.7. The molecule has 0 bridgehead atoms. The van der Waals surface area contributed by atoms with E-state index in [4.69, 9.17) is 4.52 Å². The van der Waals surface area contributed by atoms with Crippen LogP contribution in [0.25, 0.3) is 17.0 Å². The number of carbonyl (C=O) groups is 1. The van der Waals surface area contributed by atoms with Crippen LogP contribution in [0.5, 0.6) is 0 Å². The molecule has 1 aliphatic rings. The first-order valence-electron chi connectivity index (χ1n) is 10.6. The Morgan fingerprint density at radius 1 is 1.18 bits per heavy atom. The molecule has 0 saturated carbocycles. The van der Waals surface area contributed by atoms with Gasteiger partial charge < -0.3 is 9.84 Å². The van der Waals surface area contributed by atoms with Crippen molar-refractivity contribution >= 4 is 34.7 Å². The minimum Gasteiger partial charge on any atom is -0.334 e. The van der Waals surface area contributed by atoms with Crippen LogP contribution in [-0.2, 0) is 6.54 Å². The van der Waals surface area contributed by atoms with Crippen molar-refractivity contribution in [3.63, 3.8) is 0 Å². The van der Waals surface area contributed by atoms with Gasteiger partial charge in [-0.25, -0.2) is 9.18 Å². The number of thiophene rings is 1. The lowest BCUT2D eigenvalue weighted by Crippen LogP contribution is -2.45. The van der Waals surface area contributed by atoms with E-state index in [-0.39, 0.29) is 23.6 Å². The molecular weight excluding hydrogens is 471 g/mol. The van der Waals surface area contributed by atoms with E-state index in [9.17, 15) is 9.18 Å². The second-order valence-corrected chi connectivity index (χ2v) is 9.67. The van der Waals surface area contributed by atoms with E-state index in [0.717, 1.165) is 21.0 Å². The number of rotatable bonds is 6. The summed E-state index contributed by atoms with van der Waals surface area (Å²) in [7, 11) is 0. The van der Waals surface area contributed by atoms with Gasteiger partial charge in [0.15, 0.2) is 0 Å². The van der Waals surface area contributed by atoms with E-state index < -0.39 is 6.04 Å². The Kier molecular flexibility index (Phi) is 6.21. The predicted molar refractivity (Wildman–Crippen MR) is 132 cm³/mol. The van der Waals surface area contributed by atoms with Crippen LogP contribution in [0.4, 0.5) is 9.18 Å². The lowest BCUT2D eigenvalue weighted by Gasteiger charge is -2.35. The molecule has 172 valence electrons. The number of halogens is 1. The van der Waals surface area contributed by atoms with Gasteiger partial charge in [-0.3, -0.25) is 4.90 Å². The summed E-state index contributed by atoms with van der Waals surface area (Å²) in [5.74, 6) is 0.193. The van der Waals surface area contributed by atoms with E-state index in [1.807, 2.05) is 55.0 Å². The Balaban J connectivity index is 1.59. The number of benzene rings is 2. The maximum Gasteiger partial charge on any atom is 0.322 e. The van der Waals surface area contributed by atoms with Crippen molar-refractivity contribution in [1.82, 2.24) is 20.4 Å².